The third kappa shape index (κ3) is 3.93. The number of alkyl halides is 9. The lowest BCUT2D eigenvalue weighted by Gasteiger charge is -2.38. The molecule has 1 aromatic carbocycles. The van der Waals surface area contributed by atoms with Gasteiger partial charge < -0.3 is 10.6 Å². The molecule has 0 spiro atoms. The predicted octanol–water partition coefficient (Wildman–Crippen LogP) is 4.85. The Morgan fingerprint density at radius 2 is 1.24 bits per heavy atom. The zero-order chi connectivity index (χ0) is 19.8. The van der Waals surface area contributed by atoms with Crippen LogP contribution in [0, 0.1) is 13.8 Å². The average molecular weight is 382 g/mol. The van der Waals surface area contributed by atoms with E-state index < -0.39 is 30.1 Å². The molecule has 142 valence electrons. The third-order valence-electron chi connectivity index (χ3n) is 3.34. The molecule has 0 aromatic heterocycles. The van der Waals surface area contributed by atoms with Crippen molar-refractivity contribution in [3.8, 4) is 0 Å². The summed E-state index contributed by atoms with van der Waals surface area (Å²) in [5, 5.41) is 1.54. The second kappa shape index (κ2) is 6.30. The van der Waals surface area contributed by atoms with Gasteiger partial charge in [-0.05, 0) is 37.1 Å². The summed E-state index contributed by atoms with van der Waals surface area (Å²) in [5.41, 5.74) is -5.50. The largest absolute Gasteiger partial charge is 0.429 e. The Labute approximate surface area is 135 Å². The van der Waals surface area contributed by atoms with Crippen LogP contribution in [0.1, 0.15) is 11.1 Å². The van der Waals surface area contributed by atoms with E-state index in [1.807, 2.05) is 0 Å². The molecule has 1 aromatic rings. The van der Waals surface area contributed by atoms with Gasteiger partial charge in [0.25, 0.3) is 0 Å². The van der Waals surface area contributed by atoms with Gasteiger partial charge in [0, 0.05) is 5.69 Å². The van der Waals surface area contributed by atoms with Gasteiger partial charge in [0.1, 0.15) is 0 Å². The summed E-state index contributed by atoms with van der Waals surface area (Å²) in [7, 11) is 0. The van der Waals surface area contributed by atoms with Gasteiger partial charge in [-0.1, -0.05) is 6.07 Å². The number of anilines is 1. The predicted molar refractivity (Wildman–Crippen MR) is 69.0 cm³/mol. The van der Waals surface area contributed by atoms with Crippen LogP contribution in [-0.4, -0.2) is 30.1 Å². The maximum Gasteiger partial charge on any atom is 0.429 e. The molecule has 0 saturated carbocycles. The van der Waals surface area contributed by atoms with E-state index in [2.05, 4.69) is 0 Å². The lowest BCUT2D eigenvalue weighted by atomic mass is 9.97. The van der Waals surface area contributed by atoms with E-state index in [0.29, 0.717) is 11.1 Å². The molecule has 0 bridgehead atoms. The summed E-state index contributed by atoms with van der Waals surface area (Å²) < 4.78 is 114. The maximum absolute atomic E-state index is 12.7. The highest BCUT2D eigenvalue weighted by Crippen LogP contribution is 2.52. The quantitative estimate of drug-likeness (QED) is 0.706. The number of carbonyl (C=O) groups excluding carboxylic acids is 1. The Balaban J connectivity index is 3.26. The van der Waals surface area contributed by atoms with E-state index in [1.165, 1.54) is 24.4 Å². The number of rotatable bonds is 2. The smallest absolute Gasteiger partial charge is 0.308 e. The summed E-state index contributed by atoms with van der Waals surface area (Å²) in [6, 6.07) is 1.34. The first-order valence-corrected chi connectivity index (χ1v) is 6.39. The van der Waals surface area contributed by atoms with Crippen LogP contribution in [0.2, 0.25) is 0 Å². The van der Waals surface area contributed by atoms with Crippen molar-refractivity contribution in [1.82, 2.24) is 5.32 Å². The van der Waals surface area contributed by atoms with Crippen LogP contribution in [0.4, 0.5) is 50.0 Å². The molecule has 2 amide bonds. The molecule has 2 N–H and O–H groups in total. The van der Waals surface area contributed by atoms with Crippen molar-refractivity contribution < 1.29 is 44.3 Å². The fourth-order valence-electron chi connectivity index (χ4n) is 1.85. The number of halogens is 9. The van der Waals surface area contributed by atoms with Gasteiger partial charge in [-0.25, -0.2) is 4.79 Å². The normalized spacial score (nSPS) is 13.6. The number of nitrogens with one attached hydrogen (secondary N) is 2. The highest BCUT2D eigenvalue weighted by Gasteiger charge is 2.84. The van der Waals surface area contributed by atoms with Crippen molar-refractivity contribution >= 4 is 11.7 Å². The SMILES string of the molecule is Cc1ccc(NC(=O)NC(C(F)(F)F)(C(F)(F)F)C(F)(F)F)cc1C. The van der Waals surface area contributed by atoms with Crippen LogP contribution in [0.3, 0.4) is 0 Å². The molecule has 0 atom stereocenters. The molecule has 0 fully saturated rings. The van der Waals surface area contributed by atoms with Gasteiger partial charge in [0.05, 0.1) is 0 Å². The van der Waals surface area contributed by atoms with E-state index >= 15 is 0 Å². The zero-order valence-corrected chi connectivity index (χ0v) is 12.5. The molecule has 0 heterocycles. The molecule has 0 unspecified atom stereocenters. The fraction of sp³-hybridized carbons (Fsp3) is 0.462. The highest BCUT2D eigenvalue weighted by atomic mass is 19.4. The summed E-state index contributed by atoms with van der Waals surface area (Å²) in [4.78, 5) is 11.4. The second-order valence-electron chi connectivity index (χ2n) is 5.12. The van der Waals surface area contributed by atoms with E-state index in [-0.39, 0.29) is 11.0 Å². The molecule has 0 radical (unpaired) electrons. The topological polar surface area (TPSA) is 41.1 Å². The van der Waals surface area contributed by atoms with Crippen LogP contribution in [0.5, 0.6) is 0 Å². The first-order valence-electron chi connectivity index (χ1n) is 6.39. The van der Waals surface area contributed by atoms with E-state index in [9.17, 15) is 44.3 Å². The molecule has 25 heavy (non-hydrogen) atoms. The number of carbonyl (C=O) groups is 1. The number of hydrogen-bond donors (Lipinski definition) is 2. The Hall–Kier alpha value is -2.14. The summed E-state index contributed by atoms with van der Waals surface area (Å²) >= 11 is 0. The van der Waals surface area contributed by atoms with Crippen LogP contribution < -0.4 is 10.6 Å². The van der Waals surface area contributed by atoms with Crippen LogP contribution in [0.15, 0.2) is 18.2 Å². The minimum Gasteiger partial charge on any atom is -0.308 e. The lowest BCUT2D eigenvalue weighted by Crippen LogP contribution is -2.75. The van der Waals surface area contributed by atoms with Gasteiger partial charge in [-0.15, -0.1) is 0 Å². The molecule has 0 aliphatic heterocycles. The highest BCUT2D eigenvalue weighted by molar-refractivity contribution is 5.90. The minimum atomic E-state index is -6.87. The van der Waals surface area contributed by atoms with Crippen LogP contribution in [0.25, 0.3) is 0 Å². The first-order chi connectivity index (χ1) is 11.0. The molecule has 0 saturated heterocycles. The number of urea groups is 1. The van der Waals surface area contributed by atoms with Gasteiger partial charge in [-0.3, -0.25) is 0 Å². The monoisotopic (exact) mass is 382 g/mol. The summed E-state index contributed by atoms with van der Waals surface area (Å²) in [6.07, 6.45) is -20.6. The lowest BCUT2D eigenvalue weighted by molar-refractivity contribution is -0.386. The van der Waals surface area contributed by atoms with Crippen LogP contribution >= 0.6 is 0 Å². The van der Waals surface area contributed by atoms with Crippen molar-refractivity contribution in [3.63, 3.8) is 0 Å². The Morgan fingerprint density at radius 1 is 0.800 bits per heavy atom. The second-order valence-corrected chi connectivity index (χ2v) is 5.12. The minimum absolute atomic E-state index is 0.00789. The average Bonchev–Trinajstić information content (AvgIpc) is 2.36. The molecule has 3 nitrogen and oxygen atoms in total. The number of amides is 2. The van der Waals surface area contributed by atoms with Crippen molar-refractivity contribution in [2.75, 3.05) is 5.32 Å². The number of aryl methyl sites for hydroxylation is 2. The maximum atomic E-state index is 12.7. The van der Waals surface area contributed by atoms with E-state index in [4.69, 9.17) is 0 Å². The van der Waals surface area contributed by atoms with Crippen molar-refractivity contribution in [1.29, 1.82) is 0 Å². The standard InChI is InChI=1S/C13H11F9N2O/c1-6-3-4-8(5-7(6)2)23-9(25)24-10(11(14,15)16,12(17,18)19)13(20,21)22/h3-5H,1-2H3,(H2,23,24,25). The molecule has 12 heteroatoms. The molecular weight excluding hydrogens is 371 g/mol. The molecule has 1 rings (SSSR count). The van der Waals surface area contributed by atoms with Gasteiger partial charge in [0.15, 0.2) is 0 Å². The summed E-state index contributed by atoms with van der Waals surface area (Å²) in [5.74, 6) is 0. The van der Waals surface area contributed by atoms with Crippen molar-refractivity contribution in [2.45, 2.75) is 37.9 Å². The third-order valence-corrected chi connectivity index (χ3v) is 3.34. The van der Waals surface area contributed by atoms with E-state index in [1.54, 1.807) is 6.92 Å². The first kappa shape index (κ1) is 20.9. The molecular formula is C13H11F9N2O. The molecule has 0 aliphatic carbocycles. The van der Waals surface area contributed by atoms with E-state index in [0.717, 1.165) is 6.07 Å². The summed E-state index contributed by atoms with van der Waals surface area (Å²) in [6.45, 7) is 3.14. The Morgan fingerprint density at radius 3 is 1.60 bits per heavy atom. The zero-order valence-electron chi connectivity index (χ0n) is 12.5. The fourth-order valence-corrected chi connectivity index (χ4v) is 1.85. The Kier molecular flexibility index (Phi) is 5.27. The van der Waals surface area contributed by atoms with Crippen LogP contribution in [-0.2, 0) is 0 Å². The number of hydrogen-bond acceptors (Lipinski definition) is 1. The van der Waals surface area contributed by atoms with Crippen molar-refractivity contribution in [3.05, 3.63) is 29.3 Å². The van der Waals surface area contributed by atoms with Gasteiger partial charge >= 0.3 is 30.1 Å². The van der Waals surface area contributed by atoms with Crippen molar-refractivity contribution in [2.24, 2.45) is 0 Å². The Bertz CT molecular complexity index is 610. The molecule has 0 aliphatic rings. The van der Waals surface area contributed by atoms with Gasteiger partial charge in [0.2, 0.25) is 0 Å². The van der Waals surface area contributed by atoms with Gasteiger partial charge in [-0.2, -0.15) is 39.5 Å². The number of benzene rings is 1.